The summed E-state index contributed by atoms with van der Waals surface area (Å²) in [5.41, 5.74) is 0.973. The summed E-state index contributed by atoms with van der Waals surface area (Å²) in [6.45, 7) is 5.90. The second-order valence-corrected chi connectivity index (χ2v) is 5.45. The number of aliphatic hydroxyl groups excluding tert-OH is 1. The lowest BCUT2D eigenvalue weighted by atomic mass is 10.2. The molecule has 1 N–H and O–H groups in total. The summed E-state index contributed by atoms with van der Waals surface area (Å²) >= 11 is 7.59. The lowest BCUT2D eigenvalue weighted by Gasteiger charge is -2.13. The normalized spacial score (nSPS) is 13.3. The van der Waals surface area contributed by atoms with E-state index in [2.05, 4.69) is 10.1 Å². The molecule has 2 aromatic heterocycles. The van der Waals surface area contributed by atoms with E-state index >= 15 is 0 Å². The Labute approximate surface area is 109 Å². The molecule has 2 aromatic rings. The standard InChI is InChI=1S/C11H14ClN3OS/c1-6(2)15-11(13-5-14-15)9(16)10-8(12)7(3)4-17-10/h4-6,9,16H,1-3H3. The minimum atomic E-state index is -0.814. The van der Waals surface area contributed by atoms with Crippen molar-refractivity contribution in [1.82, 2.24) is 14.8 Å². The van der Waals surface area contributed by atoms with Gasteiger partial charge in [0.25, 0.3) is 0 Å². The van der Waals surface area contributed by atoms with Crippen molar-refractivity contribution in [2.75, 3.05) is 0 Å². The van der Waals surface area contributed by atoms with Crippen molar-refractivity contribution >= 4 is 22.9 Å². The fourth-order valence-electron chi connectivity index (χ4n) is 1.60. The number of hydrogen-bond donors (Lipinski definition) is 1. The van der Waals surface area contributed by atoms with E-state index in [9.17, 15) is 5.11 Å². The second-order valence-electron chi connectivity index (χ2n) is 4.16. The Balaban J connectivity index is 2.40. The molecule has 0 fully saturated rings. The first kappa shape index (κ1) is 12.5. The van der Waals surface area contributed by atoms with Crippen molar-refractivity contribution in [3.63, 3.8) is 0 Å². The molecule has 0 bridgehead atoms. The third-order valence-electron chi connectivity index (χ3n) is 2.51. The van der Waals surface area contributed by atoms with Crippen LogP contribution < -0.4 is 0 Å². The molecular weight excluding hydrogens is 258 g/mol. The van der Waals surface area contributed by atoms with Crippen LogP contribution in [0.25, 0.3) is 0 Å². The van der Waals surface area contributed by atoms with E-state index in [0.717, 1.165) is 10.4 Å². The summed E-state index contributed by atoms with van der Waals surface area (Å²) in [6, 6.07) is 0.155. The third-order valence-corrected chi connectivity index (χ3v) is 4.27. The number of aryl methyl sites for hydroxylation is 1. The molecule has 6 heteroatoms. The Morgan fingerprint density at radius 3 is 2.71 bits per heavy atom. The van der Waals surface area contributed by atoms with E-state index in [0.29, 0.717) is 10.8 Å². The van der Waals surface area contributed by atoms with E-state index in [1.165, 1.54) is 17.7 Å². The number of aromatic nitrogens is 3. The Morgan fingerprint density at radius 1 is 1.47 bits per heavy atom. The topological polar surface area (TPSA) is 50.9 Å². The van der Waals surface area contributed by atoms with Crippen molar-refractivity contribution in [3.8, 4) is 0 Å². The van der Waals surface area contributed by atoms with Crippen LogP contribution in [0.15, 0.2) is 11.7 Å². The predicted molar refractivity (Wildman–Crippen MR) is 68.5 cm³/mol. The molecule has 0 spiro atoms. The van der Waals surface area contributed by atoms with Crippen molar-refractivity contribution in [1.29, 1.82) is 0 Å². The fourth-order valence-corrected chi connectivity index (χ4v) is 2.88. The molecule has 2 heterocycles. The molecule has 0 amide bonds. The number of hydrogen-bond acceptors (Lipinski definition) is 4. The third kappa shape index (κ3) is 2.22. The zero-order valence-electron chi connectivity index (χ0n) is 9.88. The minimum Gasteiger partial charge on any atom is -0.379 e. The van der Waals surface area contributed by atoms with Gasteiger partial charge in [-0.2, -0.15) is 5.10 Å². The van der Waals surface area contributed by atoms with Gasteiger partial charge >= 0.3 is 0 Å². The summed E-state index contributed by atoms with van der Waals surface area (Å²) in [6.07, 6.45) is 0.638. The molecule has 1 atom stereocenters. The van der Waals surface area contributed by atoms with Gasteiger partial charge in [-0.1, -0.05) is 11.6 Å². The zero-order valence-corrected chi connectivity index (χ0v) is 11.5. The summed E-state index contributed by atoms with van der Waals surface area (Å²) in [7, 11) is 0. The molecule has 1 unspecified atom stereocenters. The SMILES string of the molecule is Cc1csc(C(O)c2ncnn2C(C)C)c1Cl. The number of halogens is 1. The lowest BCUT2D eigenvalue weighted by Crippen LogP contribution is -2.12. The number of aliphatic hydroxyl groups is 1. The molecule has 0 saturated heterocycles. The van der Waals surface area contributed by atoms with Gasteiger partial charge in [-0.05, 0) is 31.7 Å². The van der Waals surface area contributed by atoms with Crippen molar-refractivity contribution in [3.05, 3.63) is 33.0 Å². The minimum absolute atomic E-state index is 0.155. The molecule has 0 aromatic carbocycles. The van der Waals surface area contributed by atoms with Gasteiger partial charge < -0.3 is 5.11 Å². The van der Waals surface area contributed by atoms with Crippen LogP contribution in [0.2, 0.25) is 5.02 Å². The van der Waals surface area contributed by atoms with Crippen LogP contribution in [0, 0.1) is 6.92 Å². The fraction of sp³-hybridized carbons (Fsp3) is 0.455. The highest BCUT2D eigenvalue weighted by Gasteiger charge is 2.23. The Bertz CT molecular complexity index is 521. The predicted octanol–water partition coefficient (Wildman–Crippen LogP) is 2.96. The molecule has 0 saturated carbocycles. The molecule has 17 heavy (non-hydrogen) atoms. The van der Waals surface area contributed by atoms with Gasteiger partial charge in [-0.25, -0.2) is 9.67 Å². The number of thiophene rings is 1. The van der Waals surface area contributed by atoms with Gasteiger partial charge in [0.15, 0.2) is 5.82 Å². The van der Waals surface area contributed by atoms with Crippen LogP contribution >= 0.6 is 22.9 Å². The maximum Gasteiger partial charge on any atom is 0.161 e. The maximum absolute atomic E-state index is 10.3. The van der Waals surface area contributed by atoms with Crippen LogP contribution in [0.5, 0.6) is 0 Å². The van der Waals surface area contributed by atoms with E-state index in [4.69, 9.17) is 11.6 Å². The Kier molecular flexibility index (Phi) is 3.51. The van der Waals surface area contributed by atoms with Crippen LogP contribution in [0.4, 0.5) is 0 Å². The maximum atomic E-state index is 10.3. The van der Waals surface area contributed by atoms with E-state index < -0.39 is 6.10 Å². The van der Waals surface area contributed by atoms with Gasteiger partial charge in [0.1, 0.15) is 12.4 Å². The van der Waals surface area contributed by atoms with Crippen molar-refractivity contribution < 1.29 is 5.11 Å². The quantitative estimate of drug-likeness (QED) is 0.934. The first-order valence-corrected chi connectivity index (χ1v) is 6.59. The average Bonchev–Trinajstić information content (AvgIpc) is 2.87. The van der Waals surface area contributed by atoms with Crippen LogP contribution in [0.1, 0.15) is 42.3 Å². The molecule has 0 aliphatic carbocycles. The molecule has 0 radical (unpaired) electrons. The van der Waals surface area contributed by atoms with Crippen molar-refractivity contribution in [2.45, 2.75) is 32.9 Å². The van der Waals surface area contributed by atoms with Gasteiger partial charge in [0, 0.05) is 6.04 Å². The first-order valence-electron chi connectivity index (χ1n) is 5.33. The second kappa shape index (κ2) is 4.76. The van der Waals surface area contributed by atoms with Crippen molar-refractivity contribution in [2.24, 2.45) is 0 Å². The highest BCUT2D eigenvalue weighted by molar-refractivity contribution is 7.10. The molecule has 4 nitrogen and oxygen atoms in total. The van der Waals surface area contributed by atoms with Crippen LogP contribution in [0.3, 0.4) is 0 Å². The smallest absolute Gasteiger partial charge is 0.161 e. The van der Waals surface area contributed by atoms with E-state index in [1.807, 2.05) is 26.2 Å². The first-order chi connectivity index (χ1) is 8.02. The van der Waals surface area contributed by atoms with Gasteiger partial charge in [-0.15, -0.1) is 11.3 Å². The number of rotatable bonds is 3. The van der Waals surface area contributed by atoms with Crippen LogP contribution in [-0.2, 0) is 0 Å². The average molecular weight is 272 g/mol. The summed E-state index contributed by atoms with van der Waals surface area (Å²) in [5.74, 6) is 0.531. The van der Waals surface area contributed by atoms with Gasteiger partial charge in [0.05, 0.1) is 9.90 Å². The Morgan fingerprint density at radius 2 is 2.18 bits per heavy atom. The monoisotopic (exact) mass is 271 g/mol. The summed E-state index contributed by atoms with van der Waals surface area (Å²) in [5, 5.41) is 17.0. The molecule has 2 rings (SSSR count). The number of nitrogens with zero attached hydrogens (tertiary/aromatic N) is 3. The Hall–Kier alpha value is -0.910. The van der Waals surface area contributed by atoms with E-state index in [-0.39, 0.29) is 6.04 Å². The molecule has 0 aliphatic rings. The highest BCUT2D eigenvalue weighted by atomic mass is 35.5. The van der Waals surface area contributed by atoms with E-state index in [1.54, 1.807) is 4.68 Å². The summed E-state index contributed by atoms with van der Waals surface area (Å²) in [4.78, 5) is 4.84. The van der Waals surface area contributed by atoms with Crippen LogP contribution in [-0.4, -0.2) is 19.9 Å². The zero-order chi connectivity index (χ0) is 12.6. The summed E-state index contributed by atoms with van der Waals surface area (Å²) < 4.78 is 1.70. The van der Waals surface area contributed by atoms with Gasteiger partial charge in [-0.3, -0.25) is 0 Å². The molecular formula is C11H14ClN3OS. The molecule has 92 valence electrons. The highest BCUT2D eigenvalue weighted by Crippen LogP contribution is 2.35. The lowest BCUT2D eigenvalue weighted by molar-refractivity contribution is 0.203. The van der Waals surface area contributed by atoms with Gasteiger partial charge in [0.2, 0.25) is 0 Å². The largest absolute Gasteiger partial charge is 0.379 e. The molecule has 0 aliphatic heterocycles.